The van der Waals surface area contributed by atoms with Gasteiger partial charge < -0.3 is 0 Å². The quantitative estimate of drug-likeness (QED) is 0.796. The Bertz CT molecular complexity index is 453. The highest BCUT2D eigenvalue weighted by Gasteiger charge is 2.07. The van der Waals surface area contributed by atoms with Crippen LogP contribution in [0.5, 0.6) is 0 Å². The fraction of sp³-hybridized carbons (Fsp3) is 0.333. The van der Waals surface area contributed by atoms with E-state index in [9.17, 15) is 0 Å². The zero-order chi connectivity index (χ0) is 10.7. The SMILES string of the molecule is CCCn1nncc1-c1cncc(Cl)n1. The third-order valence-electron chi connectivity index (χ3n) is 1.92. The number of aryl methyl sites for hydroxylation is 1. The van der Waals surface area contributed by atoms with Crippen molar-refractivity contribution in [2.75, 3.05) is 0 Å². The largest absolute Gasteiger partial charge is 0.259 e. The lowest BCUT2D eigenvalue weighted by atomic mass is 10.3. The smallest absolute Gasteiger partial charge is 0.148 e. The molecule has 0 N–H and O–H groups in total. The van der Waals surface area contributed by atoms with E-state index in [1.54, 1.807) is 17.1 Å². The fourth-order valence-corrected chi connectivity index (χ4v) is 1.45. The monoisotopic (exact) mass is 223 g/mol. The summed E-state index contributed by atoms with van der Waals surface area (Å²) in [7, 11) is 0. The molecule has 0 fully saturated rings. The van der Waals surface area contributed by atoms with Crippen LogP contribution in [0.15, 0.2) is 18.6 Å². The normalized spacial score (nSPS) is 10.5. The molecule has 2 heterocycles. The highest BCUT2D eigenvalue weighted by molar-refractivity contribution is 6.29. The minimum atomic E-state index is 0.372. The van der Waals surface area contributed by atoms with Gasteiger partial charge in [-0.3, -0.25) is 4.98 Å². The fourth-order valence-electron chi connectivity index (χ4n) is 1.30. The van der Waals surface area contributed by atoms with Crippen LogP contribution in [0.25, 0.3) is 11.4 Å². The predicted octanol–water partition coefficient (Wildman–Crippen LogP) is 1.80. The lowest BCUT2D eigenvalue weighted by molar-refractivity contribution is 0.583. The molecule has 0 aliphatic heterocycles. The number of hydrogen-bond acceptors (Lipinski definition) is 4. The van der Waals surface area contributed by atoms with E-state index in [0.717, 1.165) is 18.7 Å². The van der Waals surface area contributed by atoms with Crippen LogP contribution in [0, 0.1) is 0 Å². The van der Waals surface area contributed by atoms with E-state index in [4.69, 9.17) is 11.6 Å². The van der Waals surface area contributed by atoms with E-state index in [-0.39, 0.29) is 0 Å². The number of aromatic nitrogens is 5. The van der Waals surface area contributed by atoms with E-state index >= 15 is 0 Å². The average Bonchev–Trinajstić information content (AvgIpc) is 2.66. The van der Waals surface area contributed by atoms with Gasteiger partial charge in [0.15, 0.2) is 0 Å². The molecule has 2 rings (SSSR count). The average molecular weight is 224 g/mol. The van der Waals surface area contributed by atoms with Crippen molar-refractivity contribution in [1.29, 1.82) is 0 Å². The van der Waals surface area contributed by atoms with Gasteiger partial charge in [0.25, 0.3) is 0 Å². The van der Waals surface area contributed by atoms with Crippen molar-refractivity contribution >= 4 is 11.6 Å². The molecule has 0 aromatic carbocycles. The molecule has 0 radical (unpaired) electrons. The Morgan fingerprint density at radius 2 is 2.20 bits per heavy atom. The first-order valence-corrected chi connectivity index (χ1v) is 5.05. The predicted molar refractivity (Wildman–Crippen MR) is 56.3 cm³/mol. The first-order valence-electron chi connectivity index (χ1n) is 4.67. The molecule has 0 amide bonds. The van der Waals surface area contributed by atoms with Crippen molar-refractivity contribution in [2.24, 2.45) is 0 Å². The van der Waals surface area contributed by atoms with Gasteiger partial charge >= 0.3 is 0 Å². The van der Waals surface area contributed by atoms with E-state index in [0.29, 0.717) is 10.8 Å². The molecule has 2 aromatic heterocycles. The maximum Gasteiger partial charge on any atom is 0.148 e. The molecule has 78 valence electrons. The summed E-state index contributed by atoms with van der Waals surface area (Å²) in [4.78, 5) is 8.14. The molecule has 5 nitrogen and oxygen atoms in total. The van der Waals surface area contributed by atoms with Gasteiger partial charge in [0, 0.05) is 6.54 Å². The first kappa shape index (κ1) is 10.0. The van der Waals surface area contributed by atoms with Gasteiger partial charge in [-0.1, -0.05) is 23.7 Å². The van der Waals surface area contributed by atoms with Crippen LogP contribution in [-0.2, 0) is 6.54 Å². The molecule has 2 aromatic rings. The standard InChI is InChI=1S/C9H10ClN5/c1-2-3-15-8(5-12-14-15)7-4-11-6-9(10)13-7/h4-6H,2-3H2,1H3. The molecule has 15 heavy (non-hydrogen) atoms. The highest BCUT2D eigenvalue weighted by atomic mass is 35.5. The summed E-state index contributed by atoms with van der Waals surface area (Å²) in [6, 6.07) is 0. The van der Waals surface area contributed by atoms with Crippen molar-refractivity contribution in [3.63, 3.8) is 0 Å². The molecule has 0 atom stereocenters. The molecule has 0 saturated heterocycles. The van der Waals surface area contributed by atoms with Gasteiger partial charge in [0.05, 0.1) is 18.6 Å². The summed E-state index contributed by atoms with van der Waals surface area (Å²) in [5.74, 6) is 0. The van der Waals surface area contributed by atoms with Crippen molar-refractivity contribution in [3.8, 4) is 11.4 Å². The molecular weight excluding hydrogens is 214 g/mol. The van der Waals surface area contributed by atoms with Gasteiger partial charge in [0.2, 0.25) is 0 Å². The van der Waals surface area contributed by atoms with Crippen LogP contribution < -0.4 is 0 Å². The van der Waals surface area contributed by atoms with Crippen molar-refractivity contribution < 1.29 is 0 Å². The molecule has 0 saturated carbocycles. The number of hydrogen-bond donors (Lipinski definition) is 0. The van der Waals surface area contributed by atoms with E-state index in [1.807, 2.05) is 0 Å². The van der Waals surface area contributed by atoms with Gasteiger partial charge in [-0.25, -0.2) is 9.67 Å². The summed E-state index contributed by atoms with van der Waals surface area (Å²) < 4.78 is 1.79. The van der Waals surface area contributed by atoms with Crippen LogP contribution >= 0.6 is 11.6 Å². The second kappa shape index (κ2) is 4.35. The lowest BCUT2D eigenvalue weighted by Crippen LogP contribution is -2.02. The van der Waals surface area contributed by atoms with Gasteiger partial charge in [-0.05, 0) is 6.42 Å². The Morgan fingerprint density at radius 1 is 1.33 bits per heavy atom. The Labute approximate surface area is 92.1 Å². The number of nitrogens with zero attached hydrogens (tertiary/aromatic N) is 5. The van der Waals surface area contributed by atoms with E-state index in [2.05, 4.69) is 27.2 Å². The third-order valence-corrected chi connectivity index (χ3v) is 2.10. The van der Waals surface area contributed by atoms with Crippen LogP contribution in [0.1, 0.15) is 13.3 Å². The van der Waals surface area contributed by atoms with Gasteiger partial charge in [-0.2, -0.15) is 0 Å². The maximum absolute atomic E-state index is 5.77. The number of rotatable bonds is 3. The summed E-state index contributed by atoms with van der Waals surface area (Å²) in [6.45, 7) is 2.89. The maximum atomic E-state index is 5.77. The lowest BCUT2D eigenvalue weighted by Gasteiger charge is -2.03. The molecule has 6 heteroatoms. The summed E-state index contributed by atoms with van der Waals surface area (Å²) >= 11 is 5.77. The van der Waals surface area contributed by atoms with Crippen LogP contribution in [0.4, 0.5) is 0 Å². The molecule has 0 aliphatic carbocycles. The van der Waals surface area contributed by atoms with E-state index in [1.165, 1.54) is 6.20 Å². The topological polar surface area (TPSA) is 56.5 Å². The van der Waals surface area contributed by atoms with E-state index < -0.39 is 0 Å². The van der Waals surface area contributed by atoms with Gasteiger partial charge in [-0.15, -0.1) is 5.10 Å². The third kappa shape index (κ3) is 2.12. The first-order chi connectivity index (χ1) is 7.31. The Kier molecular flexibility index (Phi) is 2.91. The summed E-state index contributed by atoms with van der Waals surface area (Å²) in [5.41, 5.74) is 1.54. The molecule has 0 spiro atoms. The zero-order valence-electron chi connectivity index (χ0n) is 8.26. The van der Waals surface area contributed by atoms with Crippen molar-refractivity contribution in [3.05, 3.63) is 23.7 Å². The Hall–Kier alpha value is -1.49. The zero-order valence-corrected chi connectivity index (χ0v) is 9.02. The highest BCUT2D eigenvalue weighted by Crippen LogP contribution is 2.16. The number of halogens is 1. The Balaban J connectivity index is 2.40. The van der Waals surface area contributed by atoms with Gasteiger partial charge in [0.1, 0.15) is 16.5 Å². The second-order valence-electron chi connectivity index (χ2n) is 3.07. The molecular formula is C9H10ClN5. The van der Waals surface area contributed by atoms with Crippen LogP contribution in [-0.4, -0.2) is 25.0 Å². The molecule has 0 bridgehead atoms. The summed E-state index contributed by atoms with van der Waals surface area (Å²) in [6.07, 6.45) is 5.80. The Morgan fingerprint density at radius 3 is 2.93 bits per heavy atom. The summed E-state index contributed by atoms with van der Waals surface area (Å²) in [5, 5.41) is 8.19. The molecule has 0 unspecified atom stereocenters. The van der Waals surface area contributed by atoms with Crippen molar-refractivity contribution in [1.82, 2.24) is 25.0 Å². The van der Waals surface area contributed by atoms with Crippen LogP contribution in [0.2, 0.25) is 5.15 Å². The van der Waals surface area contributed by atoms with Crippen molar-refractivity contribution in [2.45, 2.75) is 19.9 Å². The minimum absolute atomic E-state index is 0.372. The van der Waals surface area contributed by atoms with Crippen LogP contribution in [0.3, 0.4) is 0 Å². The minimum Gasteiger partial charge on any atom is -0.259 e. The second-order valence-corrected chi connectivity index (χ2v) is 3.46. The molecule has 0 aliphatic rings.